The van der Waals surface area contributed by atoms with Crippen LogP contribution < -0.4 is 0 Å². The minimum Gasteiger partial charge on any atom is -0.368 e. The van der Waals surface area contributed by atoms with Crippen LogP contribution in [0.4, 0.5) is 13.2 Å². The van der Waals surface area contributed by atoms with Gasteiger partial charge in [-0.15, -0.1) is 0 Å². The summed E-state index contributed by atoms with van der Waals surface area (Å²) in [5.41, 5.74) is -0.650. The van der Waals surface area contributed by atoms with Crippen LogP contribution in [0.3, 0.4) is 0 Å². The van der Waals surface area contributed by atoms with Gasteiger partial charge >= 0.3 is 6.18 Å². The highest BCUT2D eigenvalue weighted by atomic mass is 19.4. The number of alkyl halides is 3. The second-order valence-electron chi connectivity index (χ2n) is 6.48. The molecule has 0 bridgehead atoms. The third kappa shape index (κ3) is 5.08. The molecule has 1 fully saturated rings. The third-order valence-electron chi connectivity index (χ3n) is 4.20. The smallest absolute Gasteiger partial charge is 0.368 e. The molecule has 20 heavy (non-hydrogen) atoms. The van der Waals surface area contributed by atoms with Crippen molar-refractivity contribution in [1.82, 2.24) is 0 Å². The SMILES string of the molecule is CCOC1(C(=O)CCCC(F)(F)F)CCC(C)(C)CC1. The topological polar surface area (TPSA) is 26.3 Å². The monoisotopic (exact) mass is 294 g/mol. The summed E-state index contributed by atoms with van der Waals surface area (Å²) < 4.78 is 42.1. The van der Waals surface area contributed by atoms with Crippen LogP contribution in [0.5, 0.6) is 0 Å². The average Bonchev–Trinajstić information content (AvgIpc) is 2.30. The second kappa shape index (κ2) is 6.46. The fraction of sp³-hybridized carbons (Fsp3) is 0.933. The number of halogens is 3. The zero-order valence-electron chi connectivity index (χ0n) is 12.6. The molecule has 5 heteroatoms. The Bertz CT molecular complexity index is 325. The van der Waals surface area contributed by atoms with Gasteiger partial charge in [0.05, 0.1) is 0 Å². The molecule has 2 nitrogen and oxygen atoms in total. The summed E-state index contributed by atoms with van der Waals surface area (Å²) >= 11 is 0. The van der Waals surface area contributed by atoms with Crippen molar-refractivity contribution in [2.24, 2.45) is 5.41 Å². The lowest BCUT2D eigenvalue weighted by Crippen LogP contribution is -2.46. The lowest BCUT2D eigenvalue weighted by atomic mass is 9.69. The van der Waals surface area contributed by atoms with E-state index in [1.807, 2.05) is 6.92 Å². The summed E-state index contributed by atoms with van der Waals surface area (Å²) in [6.07, 6.45) is -2.27. The molecule has 1 saturated carbocycles. The minimum atomic E-state index is -4.19. The standard InChI is InChI=1S/C15H25F3O2/c1-4-20-14(10-8-13(2,3)9-11-14)12(19)6-5-7-15(16,17)18/h4-11H2,1-3H3. The molecule has 0 N–H and O–H groups in total. The van der Waals surface area contributed by atoms with E-state index in [1.165, 1.54) is 0 Å². The summed E-state index contributed by atoms with van der Waals surface area (Å²) in [6, 6.07) is 0. The van der Waals surface area contributed by atoms with E-state index < -0.39 is 18.2 Å². The molecule has 0 saturated heterocycles. The average molecular weight is 294 g/mol. The highest BCUT2D eigenvalue weighted by Crippen LogP contribution is 2.43. The van der Waals surface area contributed by atoms with Crippen LogP contribution in [0.15, 0.2) is 0 Å². The summed E-state index contributed by atoms with van der Waals surface area (Å²) in [5, 5.41) is 0. The summed E-state index contributed by atoms with van der Waals surface area (Å²) in [7, 11) is 0. The van der Waals surface area contributed by atoms with E-state index in [0.29, 0.717) is 19.4 Å². The molecule has 0 aromatic heterocycles. The van der Waals surface area contributed by atoms with E-state index in [-0.39, 0.29) is 24.0 Å². The fourth-order valence-electron chi connectivity index (χ4n) is 2.79. The van der Waals surface area contributed by atoms with Crippen LogP contribution in [0.2, 0.25) is 0 Å². The number of Topliss-reactive ketones (excluding diaryl/α,β-unsaturated/α-hetero) is 1. The molecule has 0 spiro atoms. The molecular formula is C15H25F3O2. The van der Waals surface area contributed by atoms with E-state index in [0.717, 1.165) is 12.8 Å². The van der Waals surface area contributed by atoms with E-state index in [1.54, 1.807) is 0 Å². The van der Waals surface area contributed by atoms with Crippen molar-refractivity contribution in [2.45, 2.75) is 77.5 Å². The summed E-state index contributed by atoms with van der Waals surface area (Å²) in [5.74, 6) is -0.154. The van der Waals surface area contributed by atoms with Gasteiger partial charge in [0.1, 0.15) is 5.60 Å². The number of carbonyl (C=O) groups excluding carboxylic acids is 1. The molecule has 0 heterocycles. The quantitative estimate of drug-likeness (QED) is 0.712. The predicted octanol–water partition coefficient (Wildman–Crippen LogP) is 4.66. The van der Waals surface area contributed by atoms with Crippen molar-refractivity contribution in [2.75, 3.05) is 6.61 Å². The first-order valence-electron chi connectivity index (χ1n) is 7.34. The van der Waals surface area contributed by atoms with Crippen LogP contribution in [0.25, 0.3) is 0 Å². The number of hydrogen-bond donors (Lipinski definition) is 0. The van der Waals surface area contributed by atoms with Crippen LogP contribution in [-0.2, 0) is 9.53 Å². The van der Waals surface area contributed by atoms with Crippen molar-refractivity contribution >= 4 is 5.78 Å². The first kappa shape index (κ1) is 17.5. The van der Waals surface area contributed by atoms with Gasteiger partial charge in [-0.2, -0.15) is 13.2 Å². The van der Waals surface area contributed by atoms with Crippen LogP contribution in [0.1, 0.15) is 65.7 Å². The summed E-state index contributed by atoms with van der Waals surface area (Å²) in [4.78, 5) is 12.3. The van der Waals surface area contributed by atoms with Gasteiger partial charge in [0, 0.05) is 19.4 Å². The second-order valence-corrected chi connectivity index (χ2v) is 6.48. The van der Waals surface area contributed by atoms with Gasteiger partial charge in [-0.1, -0.05) is 13.8 Å². The molecule has 0 radical (unpaired) electrons. The Hall–Kier alpha value is -0.580. The van der Waals surface area contributed by atoms with E-state index >= 15 is 0 Å². The minimum absolute atomic E-state index is 0.0417. The highest BCUT2D eigenvalue weighted by molar-refractivity contribution is 5.87. The Morgan fingerprint density at radius 2 is 1.70 bits per heavy atom. The van der Waals surface area contributed by atoms with Crippen molar-refractivity contribution < 1.29 is 22.7 Å². The zero-order chi connectivity index (χ0) is 15.4. The molecule has 0 aliphatic heterocycles. The zero-order valence-corrected chi connectivity index (χ0v) is 12.6. The number of ether oxygens (including phenoxy) is 1. The first-order chi connectivity index (χ1) is 9.10. The number of rotatable bonds is 6. The number of hydrogen-bond acceptors (Lipinski definition) is 2. The molecule has 0 aromatic carbocycles. The Labute approximate surface area is 119 Å². The van der Waals surface area contributed by atoms with Crippen molar-refractivity contribution in [3.8, 4) is 0 Å². The maximum Gasteiger partial charge on any atom is 0.389 e. The molecule has 1 aliphatic rings. The van der Waals surface area contributed by atoms with E-state index in [9.17, 15) is 18.0 Å². The lowest BCUT2D eigenvalue weighted by molar-refractivity contribution is -0.154. The lowest BCUT2D eigenvalue weighted by Gasteiger charge is -2.42. The van der Waals surface area contributed by atoms with Crippen LogP contribution >= 0.6 is 0 Å². The fourth-order valence-corrected chi connectivity index (χ4v) is 2.79. The van der Waals surface area contributed by atoms with Gasteiger partial charge in [-0.05, 0) is 44.4 Å². The van der Waals surface area contributed by atoms with Crippen LogP contribution in [0, 0.1) is 5.41 Å². The molecule has 1 rings (SSSR count). The van der Waals surface area contributed by atoms with Crippen molar-refractivity contribution in [3.63, 3.8) is 0 Å². The maximum atomic E-state index is 12.3. The van der Waals surface area contributed by atoms with E-state index in [2.05, 4.69) is 13.8 Å². The van der Waals surface area contributed by atoms with Crippen LogP contribution in [-0.4, -0.2) is 24.2 Å². The Morgan fingerprint density at radius 1 is 1.15 bits per heavy atom. The number of carbonyl (C=O) groups is 1. The molecule has 0 unspecified atom stereocenters. The highest BCUT2D eigenvalue weighted by Gasteiger charge is 2.44. The van der Waals surface area contributed by atoms with Crippen molar-refractivity contribution in [1.29, 1.82) is 0 Å². The van der Waals surface area contributed by atoms with Crippen molar-refractivity contribution in [3.05, 3.63) is 0 Å². The Balaban J connectivity index is 2.59. The van der Waals surface area contributed by atoms with Gasteiger partial charge < -0.3 is 4.74 Å². The molecule has 0 aromatic rings. The molecule has 118 valence electrons. The Kier molecular flexibility index (Phi) is 5.64. The third-order valence-corrected chi connectivity index (χ3v) is 4.20. The van der Waals surface area contributed by atoms with Gasteiger partial charge in [-0.3, -0.25) is 4.79 Å². The Morgan fingerprint density at radius 3 is 2.15 bits per heavy atom. The van der Waals surface area contributed by atoms with Gasteiger partial charge in [0.2, 0.25) is 0 Å². The predicted molar refractivity (Wildman–Crippen MR) is 71.5 cm³/mol. The number of ketones is 1. The maximum absolute atomic E-state index is 12.3. The van der Waals surface area contributed by atoms with Gasteiger partial charge in [0.25, 0.3) is 0 Å². The normalized spacial score (nSPS) is 21.7. The molecule has 1 aliphatic carbocycles. The molecule has 0 amide bonds. The summed E-state index contributed by atoms with van der Waals surface area (Å²) in [6.45, 7) is 6.55. The molecular weight excluding hydrogens is 269 g/mol. The first-order valence-corrected chi connectivity index (χ1v) is 7.34. The van der Waals surface area contributed by atoms with E-state index in [4.69, 9.17) is 4.74 Å². The van der Waals surface area contributed by atoms with Gasteiger partial charge in [-0.25, -0.2) is 0 Å². The largest absolute Gasteiger partial charge is 0.389 e. The molecule has 0 atom stereocenters. The van der Waals surface area contributed by atoms with Gasteiger partial charge in [0.15, 0.2) is 5.78 Å².